The number of carboxylic acid groups (broad SMARTS) is 1. The molecule has 138 valence electrons. The summed E-state index contributed by atoms with van der Waals surface area (Å²) in [6.45, 7) is 0. The SMILES string of the molecule is O=C(O)c1cccc2c1N[C@H](c1ccc([N+](=O)[O-])cc1)[C@H]1[C@H]3CC[C@@H](C3)[C@@H]21. The average Bonchev–Trinajstić information content (AvgIpc) is 3.29. The molecule has 2 aromatic rings. The van der Waals surface area contributed by atoms with Crippen molar-refractivity contribution < 1.29 is 14.8 Å². The van der Waals surface area contributed by atoms with E-state index in [4.69, 9.17) is 0 Å². The van der Waals surface area contributed by atoms with Crippen molar-refractivity contribution in [3.63, 3.8) is 0 Å². The maximum absolute atomic E-state index is 11.8. The van der Waals surface area contributed by atoms with Gasteiger partial charge in [0.2, 0.25) is 0 Å². The van der Waals surface area contributed by atoms with Crippen LogP contribution in [-0.2, 0) is 0 Å². The molecule has 0 amide bonds. The van der Waals surface area contributed by atoms with Crippen LogP contribution in [-0.4, -0.2) is 16.0 Å². The number of rotatable bonds is 3. The highest BCUT2D eigenvalue weighted by Crippen LogP contribution is 2.64. The molecule has 2 N–H and O–H groups in total. The van der Waals surface area contributed by atoms with Crippen LogP contribution in [0.5, 0.6) is 0 Å². The number of anilines is 1. The van der Waals surface area contributed by atoms with Gasteiger partial charge in [0.05, 0.1) is 22.2 Å². The minimum atomic E-state index is -0.927. The van der Waals surface area contributed by atoms with Crippen molar-refractivity contribution in [1.29, 1.82) is 0 Å². The van der Waals surface area contributed by atoms with Crippen LogP contribution in [0.25, 0.3) is 0 Å². The molecule has 1 heterocycles. The van der Waals surface area contributed by atoms with Gasteiger partial charge >= 0.3 is 5.97 Å². The number of hydrogen-bond donors (Lipinski definition) is 2. The molecule has 6 heteroatoms. The summed E-state index contributed by atoms with van der Waals surface area (Å²) in [6.07, 6.45) is 3.61. The lowest BCUT2D eigenvalue weighted by Crippen LogP contribution is -2.36. The lowest BCUT2D eigenvalue weighted by molar-refractivity contribution is -0.384. The van der Waals surface area contributed by atoms with Crippen LogP contribution in [0.2, 0.25) is 0 Å². The molecule has 2 aliphatic carbocycles. The molecule has 0 saturated heterocycles. The summed E-state index contributed by atoms with van der Waals surface area (Å²) < 4.78 is 0. The van der Waals surface area contributed by atoms with Gasteiger partial charge in [0.25, 0.3) is 5.69 Å². The number of non-ortho nitro benzene ring substituents is 1. The Morgan fingerprint density at radius 1 is 1.11 bits per heavy atom. The van der Waals surface area contributed by atoms with Gasteiger partial charge in [-0.1, -0.05) is 24.3 Å². The van der Waals surface area contributed by atoms with Gasteiger partial charge in [0, 0.05) is 12.1 Å². The maximum Gasteiger partial charge on any atom is 0.337 e. The molecule has 2 aromatic carbocycles. The molecule has 0 radical (unpaired) electrons. The van der Waals surface area contributed by atoms with Crippen LogP contribution in [0.1, 0.15) is 52.7 Å². The number of carbonyl (C=O) groups is 1. The van der Waals surface area contributed by atoms with Crippen molar-refractivity contribution in [2.75, 3.05) is 5.32 Å². The van der Waals surface area contributed by atoms with Crippen LogP contribution < -0.4 is 5.32 Å². The second-order valence-electron chi connectivity index (χ2n) is 7.98. The van der Waals surface area contributed by atoms with E-state index in [0.29, 0.717) is 29.2 Å². The molecule has 3 aliphatic rings. The van der Waals surface area contributed by atoms with Crippen molar-refractivity contribution >= 4 is 17.3 Å². The number of nitro groups is 1. The minimum absolute atomic E-state index is 0.0147. The fraction of sp³-hybridized carbons (Fsp3) is 0.381. The summed E-state index contributed by atoms with van der Waals surface area (Å²) in [6, 6.07) is 12.3. The minimum Gasteiger partial charge on any atom is -0.478 e. The molecular formula is C21H20N2O4. The van der Waals surface area contributed by atoms with E-state index in [9.17, 15) is 20.0 Å². The number of hydrogen-bond acceptors (Lipinski definition) is 4. The van der Waals surface area contributed by atoms with Gasteiger partial charge in [-0.15, -0.1) is 0 Å². The summed E-state index contributed by atoms with van der Waals surface area (Å²) >= 11 is 0. The van der Waals surface area contributed by atoms with Crippen LogP contribution in [0.15, 0.2) is 42.5 Å². The predicted molar refractivity (Wildman–Crippen MR) is 99.9 cm³/mol. The van der Waals surface area contributed by atoms with E-state index in [2.05, 4.69) is 11.4 Å². The molecule has 2 saturated carbocycles. The zero-order valence-electron chi connectivity index (χ0n) is 14.7. The van der Waals surface area contributed by atoms with Gasteiger partial charge in [0.1, 0.15) is 0 Å². The summed E-state index contributed by atoms with van der Waals surface area (Å²) in [7, 11) is 0. The Morgan fingerprint density at radius 3 is 2.56 bits per heavy atom. The first kappa shape index (κ1) is 16.3. The normalized spacial score (nSPS) is 30.3. The lowest BCUT2D eigenvalue weighted by Gasteiger charge is -2.44. The summed E-state index contributed by atoms with van der Waals surface area (Å²) in [5.41, 5.74) is 3.23. The highest BCUT2D eigenvalue weighted by Gasteiger charge is 2.54. The third-order valence-electron chi connectivity index (χ3n) is 6.81. The van der Waals surface area contributed by atoms with E-state index >= 15 is 0 Å². The van der Waals surface area contributed by atoms with Gasteiger partial charge in [-0.25, -0.2) is 4.79 Å². The average molecular weight is 364 g/mol. The molecule has 0 spiro atoms. The van der Waals surface area contributed by atoms with Crippen LogP contribution in [0, 0.1) is 27.9 Å². The van der Waals surface area contributed by atoms with Gasteiger partial charge in [0.15, 0.2) is 0 Å². The van der Waals surface area contributed by atoms with Crippen molar-refractivity contribution in [3.8, 4) is 0 Å². The third kappa shape index (κ3) is 2.36. The highest BCUT2D eigenvalue weighted by atomic mass is 16.6. The van der Waals surface area contributed by atoms with Gasteiger partial charge in [-0.2, -0.15) is 0 Å². The molecule has 27 heavy (non-hydrogen) atoms. The number of carboxylic acids is 1. The lowest BCUT2D eigenvalue weighted by atomic mass is 9.67. The summed E-state index contributed by atoms with van der Waals surface area (Å²) in [4.78, 5) is 22.4. The number of aromatic carboxylic acids is 1. The molecule has 5 atom stereocenters. The third-order valence-corrected chi connectivity index (χ3v) is 6.81. The smallest absolute Gasteiger partial charge is 0.337 e. The molecular weight excluding hydrogens is 344 g/mol. The first-order valence-corrected chi connectivity index (χ1v) is 9.41. The maximum atomic E-state index is 11.8. The Morgan fingerprint density at radius 2 is 1.85 bits per heavy atom. The Kier molecular flexibility index (Phi) is 3.50. The number of fused-ring (bicyclic) bond motifs is 7. The van der Waals surface area contributed by atoms with Gasteiger partial charge < -0.3 is 10.4 Å². The Labute approximate surface area is 156 Å². The summed E-state index contributed by atoms with van der Waals surface area (Å²) in [5.74, 6) is 1.06. The first-order chi connectivity index (χ1) is 13.0. The largest absolute Gasteiger partial charge is 0.478 e. The second kappa shape index (κ2) is 5.81. The van der Waals surface area contributed by atoms with E-state index in [1.807, 2.05) is 18.2 Å². The van der Waals surface area contributed by atoms with Crippen molar-refractivity contribution in [2.24, 2.45) is 17.8 Å². The molecule has 0 aromatic heterocycles. The topological polar surface area (TPSA) is 92.5 Å². The van der Waals surface area contributed by atoms with Crippen molar-refractivity contribution in [3.05, 3.63) is 69.3 Å². The predicted octanol–water partition coefficient (Wildman–Crippen LogP) is 4.59. The molecule has 2 bridgehead atoms. The number of benzene rings is 2. The Hall–Kier alpha value is -2.89. The number of nitrogens with zero attached hydrogens (tertiary/aromatic N) is 1. The number of nitrogens with one attached hydrogen (secondary N) is 1. The molecule has 6 nitrogen and oxygen atoms in total. The van der Waals surface area contributed by atoms with E-state index in [-0.39, 0.29) is 11.7 Å². The monoisotopic (exact) mass is 364 g/mol. The number of para-hydroxylation sites is 1. The van der Waals surface area contributed by atoms with E-state index < -0.39 is 10.9 Å². The molecule has 5 rings (SSSR count). The zero-order valence-corrected chi connectivity index (χ0v) is 14.7. The quantitative estimate of drug-likeness (QED) is 0.614. The standard InChI is InChI=1S/C21H20N2O4/c24-21(25)16-3-1-2-15-17-12-4-5-13(10-12)18(17)19(22-20(15)16)11-6-8-14(9-7-11)23(26)27/h1-3,6-9,12-13,17-19,22H,4-5,10H2,(H,24,25)/t12-,13-,17-,18-,19+/m0/s1. The second-order valence-corrected chi connectivity index (χ2v) is 7.98. The van der Waals surface area contributed by atoms with Crippen molar-refractivity contribution in [2.45, 2.75) is 31.2 Å². The molecule has 0 unspecified atom stereocenters. The van der Waals surface area contributed by atoms with Crippen LogP contribution in [0.4, 0.5) is 11.4 Å². The first-order valence-electron chi connectivity index (χ1n) is 9.41. The zero-order chi connectivity index (χ0) is 18.7. The number of nitro benzene ring substituents is 1. The van der Waals surface area contributed by atoms with Gasteiger partial charge in [-0.3, -0.25) is 10.1 Å². The fourth-order valence-electron chi connectivity index (χ4n) is 5.82. The van der Waals surface area contributed by atoms with E-state index in [1.165, 1.54) is 31.4 Å². The van der Waals surface area contributed by atoms with Crippen LogP contribution in [0.3, 0.4) is 0 Å². The van der Waals surface area contributed by atoms with Crippen molar-refractivity contribution in [1.82, 2.24) is 0 Å². The van der Waals surface area contributed by atoms with E-state index in [1.54, 1.807) is 6.07 Å². The Bertz CT molecular complexity index is 940. The summed E-state index contributed by atoms with van der Waals surface area (Å²) in [5, 5.41) is 24.2. The molecule has 2 fully saturated rings. The Balaban J connectivity index is 1.63. The highest BCUT2D eigenvalue weighted by molar-refractivity contribution is 5.95. The van der Waals surface area contributed by atoms with Gasteiger partial charge in [-0.05, 0) is 60.1 Å². The fourth-order valence-corrected chi connectivity index (χ4v) is 5.82. The van der Waals surface area contributed by atoms with E-state index in [0.717, 1.165) is 16.8 Å². The van der Waals surface area contributed by atoms with Crippen LogP contribution >= 0.6 is 0 Å². The molecule has 1 aliphatic heterocycles.